The van der Waals surface area contributed by atoms with E-state index in [4.69, 9.17) is 11.6 Å². The number of piperidine rings is 3. The number of hydrogen-bond acceptors (Lipinski definition) is 2. The highest BCUT2D eigenvalue weighted by Crippen LogP contribution is 2.30. The average Bonchev–Trinajstić information content (AvgIpc) is 2.30. The van der Waals surface area contributed by atoms with Gasteiger partial charge in [-0.25, -0.2) is 0 Å². The molecular weight excluding hydrogens is 220 g/mol. The third-order valence-corrected chi connectivity index (χ3v) is 4.07. The molecule has 0 saturated carbocycles. The molecule has 0 amide bonds. The quantitative estimate of drug-likeness (QED) is 0.850. The summed E-state index contributed by atoms with van der Waals surface area (Å²) in [5, 5.41) is 4.44. The predicted molar refractivity (Wildman–Crippen MR) is 68.0 cm³/mol. The zero-order valence-electron chi connectivity index (χ0n) is 9.32. The Balaban J connectivity index is 1.71. The van der Waals surface area contributed by atoms with Crippen molar-refractivity contribution in [2.75, 3.05) is 25.0 Å². The first-order valence-corrected chi connectivity index (χ1v) is 6.43. The Morgan fingerprint density at radius 2 is 2.06 bits per heavy atom. The van der Waals surface area contributed by atoms with Gasteiger partial charge in [0.25, 0.3) is 0 Å². The largest absolute Gasteiger partial charge is 0.381 e. The molecule has 3 heteroatoms. The number of hydrogen-bond donors (Lipinski definition) is 1. The number of fused-ring (bicyclic) bond motifs is 3. The van der Waals surface area contributed by atoms with E-state index in [1.165, 1.54) is 32.5 Å². The van der Waals surface area contributed by atoms with Crippen LogP contribution in [0, 0.1) is 5.92 Å². The summed E-state index contributed by atoms with van der Waals surface area (Å²) >= 11 is 5.99. The SMILES string of the molecule is Clc1cccc(NC2CN3CCC2CC3)c1. The van der Waals surface area contributed by atoms with E-state index in [9.17, 15) is 0 Å². The van der Waals surface area contributed by atoms with Gasteiger partial charge in [0.2, 0.25) is 0 Å². The molecule has 86 valence electrons. The van der Waals surface area contributed by atoms with Crippen LogP contribution in [0.3, 0.4) is 0 Å². The molecule has 1 aromatic rings. The fraction of sp³-hybridized carbons (Fsp3) is 0.538. The van der Waals surface area contributed by atoms with Crippen LogP contribution < -0.4 is 5.32 Å². The molecule has 3 aliphatic rings. The normalized spacial score (nSPS) is 32.7. The maximum atomic E-state index is 5.99. The fourth-order valence-corrected chi connectivity index (χ4v) is 3.11. The van der Waals surface area contributed by atoms with Crippen molar-refractivity contribution in [1.29, 1.82) is 0 Å². The molecule has 3 aliphatic heterocycles. The minimum absolute atomic E-state index is 0.612. The van der Waals surface area contributed by atoms with Crippen LogP contribution in [0.25, 0.3) is 0 Å². The number of nitrogens with one attached hydrogen (secondary N) is 1. The van der Waals surface area contributed by atoms with E-state index >= 15 is 0 Å². The van der Waals surface area contributed by atoms with Crippen molar-refractivity contribution in [3.05, 3.63) is 29.3 Å². The van der Waals surface area contributed by atoms with Crippen molar-refractivity contribution >= 4 is 17.3 Å². The third-order valence-electron chi connectivity index (χ3n) is 3.83. The minimum Gasteiger partial charge on any atom is -0.381 e. The Hall–Kier alpha value is -0.730. The van der Waals surface area contributed by atoms with Crippen LogP contribution in [0.4, 0.5) is 5.69 Å². The van der Waals surface area contributed by atoms with Gasteiger partial charge in [-0.2, -0.15) is 0 Å². The number of rotatable bonds is 2. The highest BCUT2D eigenvalue weighted by molar-refractivity contribution is 6.30. The van der Waals surface area contributed by atoms with Gasteiger partial charge in [-0.1, -0.05) is 17.7 Å². The summed E-state index contributed by atoms with van der Waals surface area (Å²) in [5.74, 6) is 0.851. The van der Waals surface area contributed by atoms with Crippen molar-refractivity contribution in [3.63, 3.8) is 0 Å². The second-order valence-corrected chi connectivity index (χ2v) is 5.34. The molecular formula is C13H17ClN2. The summed E-state index contributed by atoms with van der Waals surface area (Å²) in [6.45, 7) is 3.77. The number of nitrogens with zero attached hydrogens (tertiary/aromatic N) is 1. The van der Waals surface area contributed by atoms with Crippen LogP contribution in [0.2, 0.25) is 5.02 Å². The average molecular weight is 237 g/mol. The van der Waals surface area contributed by atoms with Crippen LogP contribution in [0.15, 0.2) is 24.3 Å². The molecule has 4 rings (SSSR count). The topological polar surface area (TPSA) is 15.3 Å². The lowest BCUT2D eigenvalue weighted by molar-refractivity contribution is 0.0975. The predicted octanol–water partition coefficient (Wildman–Crippen LogP) is 2.85. The Bertz CT molecular complexity index is 372. The van der Waals surface area contributed by atoms with E-state index in [0.29, 0.717) is 6.04 Å². The highest BCUT2D eigenvalue weighted by Gasteiger charge is 2.33. The van der Waals surface area contributed by atoms with Gasteiger partial charge in [-0.15, -0.1) is 0 Å². The molecule has 0 aromatic heterocycles. The van der Waals surface area contributed by atoms with Gasteiger partial charge in [0.15, 0.2) is 0 Å². The van der Waals surface area contributed by atoms with Crippen LogP contribution in [-0.2, 0) is 0 Å². The van der Waals surface area contributed by atoms with Crippen LogP contribution in [0.5, 0.6) is 0 Å². The zero-order valence-corrected chi connectivity index (χ0v) is 10.1. The lowest BCUT2D eigenvalue weighted by Gasteiger charge is -2.45. The molecule has 1 atom stereocenters. The monoisotopic (exact) mass is 236 g/mol. The minimum atomic E-state index is 0.612. The van der Waals surface area contributed by atoms with E-state index in [0.717, 1.165) is 16.6 Å². The van der Waals surface area contributed by atoms with Crippen molar-refractivity contribution in [1.82, 2.24) is 4.90 Å². The third kappa shape index (κ3) is 2.04. The Kier molecular flexibility index (Phi) is 2.78. The molecule has 0 aliphatic carbocycles. The Morgan fingerprint density at radius 1 is 1.25 bits per heavy atom. The smallest absolute Gasteiger partial charge is 0.0426 e. The first-order chi connectivity index (χ1) is 7.81. The number of halogens is 1. The molecule has 1 aromatic carbocycles. The maximum absolute atomic E-state index is 5.99. The molecule has 3 heterocycles. The summed E-state index contributed by atoms with van der Waals surface area (Å²) in [6.07, 6.45) is 2.69. The Morgan fingerprint density at radius 3 is 2.69 bits per heavy atom. The molecule has 2 nitrogen and oxygen atoms in total. The molecule has 3 fully saturated rings. The second-order valence-electron chi connectivity index (χ2n) is 4.90. The van der Waals surface area contributed by atoms with Gasteiger partial charge in [0.05, 0.1) is 0 Å². The van der Waals surface area contributed by atoms with Crippen molar-refractivity contribution in [2.45, 2.75) is 18.9 Å². The summed E-state index contributed by atoms with van der Waals surface area (Å²) in [5.41, 5.74) is 1.16. The molecule has 16 heavy (non-hydrogen) atoms. The first-order valence-electron chi connectivity index (χ1n) is 6.06. The number of benzene rings is 1. The summed E-state index contributed by atoms with van der Waals surface area (Å²) < 4.78 is 0. The zero-order chi connectivity index (χ0) is 11.0. The van der Waals surface area contributed by atoms with Crippen LogP contribution in [0.1, 0.15) is 12.8 Å². The molecule has 1 N–H and O–H groups in total. The molecule has 2 bridgehead atoms. The summed E-state index contributed by atoms with van der Waals surface area (Å²) in [4.78, 5) is 2.56. The van der Waals surface area contributed by atoms with Gasteiger partial charge < -0.3 is 10.2 Å². The Labute approximate surface area is 102 Å². The van der Waals surface area contributed by atoms with E-state index in [1.807, 2.05) is 18.2 Å². The lowest BCUT2D eigenvalue weighted by Crippen LogP contribution is -2.53. The van der Waals surface area contributed by atoms with Crippen LogP contribution in [-0.4, -0.2) is 30.6 Å². The summed E-state index contributed by atoms with van der Waals surface area (Å²) in [6, 6.07) is 8.65. The van der Waals surface area contributed by atoms with E-state index in [-0.39, 0.29) is 0 Å². The van der Waals surface area contributed by atoms with Gasteiger partial charge in [-0.3, -0.25) is 0 Å². The van der Waals surface area contributed by atoms with Crippen molar-refractivity contribution in [2.24, 2.45) is 5.92 Å². The van der Waals surface area contributed by atoms with E-state index < -0.39 is 0 Å². The van der Waals surface area contributed by atoms with Gasteiger partial charge in [0.1, 0.15) is 0 Å². The lowest BCUT2D eigenvalue weighted by atomic mass is 9.84. The van der Waals surface area contributed by atoms with Crippen molar-refractivity contribution in [3.8, 4) is 0 Å². The van der Waals surface area contributed by atoms with E-state index in [2.05, 4.69) is 16.3 Å². The summed E-state index contributed by atoms with van der Waals surface area (Å²) in [7, 11) is 0. The second kappa shape index (κ2) is 4.27. The standard InChI is InChI=1S/C13H17ClN2/c14-11-2-1-3-12(8-11)15-13-9-16-6-4-10(13)5-7-16/h1-3,8,10,13,15H,4-7,9H2. The van der Waals surface area contributed by atoms with Gasteiger partial charge in [-0.05, 0) is 50.0 Å². The fourth-order valence-electron chi connectivity index (χ4n) is 2.92. The maximum Gasteiger partial charge on any atom is 0.0426 e. The van der Waals surface area contributed by atoms with Gasteiger partial charge in [0, 0.05) is 23.3 Å². The molecule has 1 unspecified atom stereocenters. The number of anilines is 1. The molecule has 0 spiro atoms. The van der Waals surface area contributed by atoms with E-state index in [1.54, 1.807) is 0 Å². The van der Waals surface area contributed by atoms with Crippen molar-refractivity contribution < 1.29 is 0 Å². The first kappa shape index (κ1) is 10.4. The van der Waals surface area contributed by atoms with Gasteiger partial charge >= 0.3 is 0 Å². The molecule has 0 radical (unpaired) electrons. The van der Waals surface area contributed by atoms with Crippen LogP contribution >= 0.6 is 11.6 Å². The molecule has 3 saturated heterocycles. The highest BCUT2D eigenvalue weighted by atomic mass is 35.5.